The maximum atomic E-state index is 12.7. The number of hydrogen-bond acceptors (Lipinski definition) is 8. The molecule has 0 saturated heterocycles. The van der Waals surface area contributed by atoms with E-state index in [1.165, 1.54) is 21.3 Å². The summed E-state index contributed by atoms with van der Waals surface area (Å²) in [5.74, 6) is -1.76. The van der Waals surface area contributed by atoms with Crippen LogP contribution < -0.4 is 0 Å². The minimum atomic E-state index is -4.59. The van der Waals surface area contributed by atoms with Gasteiger partial charge in [0.1, 0.15) is 0 Å². The van der Waals surface area contributed by atoms with Gasteiger partial charge in [-0.15, -0.1) is 11.3 Å². The maximum absolute atomic E-state index is 12.7. The molecule has 0 aliphatic heterocycles. The molecule has 1 amide bonds. The summed E-state index contributed by atoms with van der Waals surface area (Å²) in [5.41, 5.74) is -0.108. The molecule has 1 aromatic rings. The van der Waals surface area contributed by atoms with Crippen LogP contribution in [0.3, 0.4) is 0 Å². The van der Waals surface area contributed by atoms with Gasteiger partial charge in [0.25, 0.3) is 5.91 Å². The second-order valence-corrected chi connectivity index (χ2v) is 5.86. The first-order chi connectivity index (χ1) is 13.2. The van der Waals surface area contributed by atoms with Crippen LogP contribution >= 0.6 is 11.3 Å². The SMILES string of the molecule is COCCOCO/C(=C\c1csc(C(F)(F)F)n1)C(=O)N(C)/C=C/C(=O)OC. The average Bonchev–Trinajstić information content (AvgIpc) is 3.13. The fourth-order valence-corrected chi connectivity index (χ4v) is 2.22. The van der Waals surface area contributed by atoms with Crippen molar-refractivity contribution < 1.29 is 41.7 Å². The van der Waals surface area contributed by atoms with Gasteiger partial charge in [-0.3, -0.25) is 4.79 Å². The van der Waals surface area contributed by atoms with Gasteiger partial charge < -0.3 is 23.8 Å². The Kier molecular flexibility index (Phi) is 9.62. The predicted octanol–water partition coefficient (Wildman–Crippen LogP) is 2.29. The van der Waals surface area contributed by atoms with E-state index in [0.29, 0.717) is 17.9 Å². The number of thiazole rings is 1. The van der Waals surface area contributed by atoms with Gasteiger partial charge >= 0.3 is 12.1 Å². The largest absolute Gasteiger partial charge is 0.466 e. The van der Waals surface area contributed by atoms with Gasteiger partial charge in [-0.2, -0.15) is 13.2 Å². The van der Waals surface area contributed by atoms with E-state index in [4.69, 9.17) is 14.2 Å². The van der Waals surface area contributed by atoms with Crippen molar-refractivity contribution in [3.05, 3.63) is 34.1 Å². The number of likely N-dealkylation sites (N-methyl/N-ethyl adjacent to an activating group) is 1. The van der Waals surface area contributed by atoms with Crippen molar-refractivity contribution in [1.29, 1.82) is 0 Å². The Morgan fingerprint density at radius 2 is 2.00 bits per heavy atom. The van der Waals surface area contributed by atoms with Crippen molar-refractivity contribution in [2.24, 2.45) is 0 Å². The summed E-state index contributed by atoms with van der Waals surface area (Å²) in [6, 6.07) is 0. The molecule has 0 saturated carbocycles. The monoisotopic (exact) mass is 424 g/mol. The number of amides is 1. The van der Waals surface area contributed by atoms with Crippen LogP contribution in [0, 0.1) is 0 Å². The zero-order valence-electron chi connectivity index (χ0n) is 15.3. The molecule has 0 aliphatic carbocycles. The lowest BCUT2D eigenvalue weighted by Crippen LogP contribution is -2.25. The van der Waals surface area contributed by atoms with Crippen LogP contribution in [0.1, 0.15) is 10.7 Å². The standard InChI is InChI=1S/C16H19F3N2O6S/c1-21(5-4-13(22)25-3)14(23)12(27-10-26-7-6-24-2)8-11-9-28-15(20-11)16(17,18)19/h4-5,8-9H,6-7,10H2,1-3H3/b5-4+,12-8-. The number of nitrogens with zero attached hydrogens (tertiary/aromatic N) is 2. The van der Waals surface area contributed by atoms with E-state index in [1.54, 1.807) is 0 Å². The quantitative estimate of drug-likeness (QED) is 0.187. The fraction of sp³-hybridized carbons (Fsp3) is 0.438. The van der Waals surface area contributed by atoms with Crippen LogP contribution in [0.25, 0.3) is 6.08 Å². The minimum Gasteiger partial charge on any atom is -0.466 e. The number of hydrogen-bond donors (Lipinski definition) is 0. The van der Waals surface area contributed by atoms with Crippen molar-refractivity contribution in [3.63, 3.8) is 0 Å². The van der Waals surface area contributed by atoms with Gasteiger partial charge in [-0.05, 0) is 0 Å². The van der Waals surface area contributed by atoms with Gasteiger partial charge in [-0.1, -0.05) is 0 Å². The van der Waals surface area contributed by atoms with Crippen molar-refractivity contribution in [2.45, 2.75) is 6.18 Å². The van der Waals surface area contributed by atoms with E-state index < -0.39 is 23.1 Å². The molecular weight excluding hydrogens is 405 g/mol. The molecule has 0 fully saturated rings. The van der Waals surface area contributed by atoms with Crippen molar-refractivity contribution >= 4 is 29.3 Å². The van der Waals surface area contributed by atoms with Crippen LogP contribution in [0.2, 0.25) is 0 Å². The third-order valence-corrected chi connectivity index (χ3v) is 3.84. The lowest BCUT2D eigenvalue weighted by molar-refractivity contribution is -0.137. The molecule has 1 aromatic heterocycles. The summed E-state index contributed by atoms with van der Waals surface area (Å²) in [6.45, 7) is 0.135. The fourth-order valence-electron chi connectivity index (χ4n) is 1.57. The second-order valence-electron chi connectivity index (χ2n) is 5.00. The number of halogens is 3. The first-order valence-electron chi connectivity index (χ1n) is 7.66. The number of rotatable bonds is 10. The van der Waals surface area contributed by atoms with E-state index in [9.17, 15) is 22.8 Å². The zero-order valence-corrected chi connectivity index (χ0v) is 16.1. The Bertz CT molecular complexity index is 717. The van der Waals surface area contributed by atoms with Crippen molar-refractivity contribution in [3.8, 4) is 0 Å². The number of methoxy groups -OCH3 is 2. The summed E-state index contributed by atoms with van der Waals surface area (Å²) in [5, 5.41) is 0.0797. The van der Waals surface area contributed by atoms with E-state index in [2.05, 4.69) is 9.72 Å². The van der Waals surface area contributed by atoms with E-state index in [0.717, 1.165) is 28.6 Å². The predicted molar refractivity (Wildman–Crippen MR) is 92.8 cm³/mol. The number of carbonyl (C=O) groups excluding carboxylic acids is 2. The molecule has 0 spiro atoms. The lowest BCUT2D eigenvalue weighted by Gasteiger charge is -2.15. The van der Waals surface area contributed by atoms with Gasteiger partial charge in [0.15, 0.2) is 17.6 Å². The molecule has 0 unspecified atom stereocenters. The third kappa shape index (κ3) is 8.06. The Balaban J connectivity index is 2.97. The van der Waals surface area contributed by atoms with Crippen LogP contribution in [0.15, 0.2) is 23.4 Å². The highest BCUT2D eigenvalue weighted by atomic mass is 32.1. The number of alkyl halides is 3. The molecule has 0 bridgehead atoms. The second kappa shape index (κ2) is 11.4. The molecule has 156 valence electrons. The normalized spacial score (nSPS) is 12.3. The third-order valence-electron chi connectivity index (χ3n) is 2.94. The van der Waals surface area contributed by atoms with E-state index in [1.807, 2.05) is 0 Å². The smallest absolute Gasteiger partial charge is 0.443 e. The highest BCUT2D eigenvalue weighted by Gasteiger charge is 2.34. The first-order valence-corrected chi connectivity index (χ1v) is 8.54. The van der Waals surface area contributed by atoms with Crippen LogP contribution in [-0.2, 0) is 34.7 Å². The lowest BCUT2D eigenvalue weighted by atomic mass is 10.3. The Hall–Kier alpha value is -2.44. The molecule has 12 heteroatoms. The number of aromatic nitrogens is 1. The molecule has 0 radical (unpaired) electrons. The topological polar surface area (TPSA) is 87.2 Å². The maximum Gasteiger partial charge on any atom is 0.443 e. The summed E-state index contributed by atoms with van der Waals surface area (Å²) in [4.78, 5) is 28.0. The number of esters is 1. The van der Waals surface area contributed by atoms with Gasteiger partial charge in [0, 0.05) is 37.9 Å². The molecule has 1 heterocycles. The summed E-state index contributed by atoms with van der Waals surface area (Å²) >= 11 is 0.387. The molecule has 8 nitrogen and oxygen atoms in total. The Morgan fingerprint density at radius 1 is 1.29 bits per heavy atom. The zero-order chi connectivity index (χ0) is 21.2. The van der Waals surface area contributed by atoms with Crippen LogP contribution in [0.5, 0.6) is 0 Å². The van der Waals surface area contributed by atoms with Crippen LogP contribution in [0.4, 0.5) is 13.2 Å². The summed E-state index contributed by atoms with van der Waals surface area (Å²) in [7, 11) is 3.97. The van der Waals surface area contributed by atoms with Gasteiger partial charge in [-0.25, -0.2) is 9.78 Å². The van der Waals surface area contributed by atoms with Crippen LogP contribution in [-0.4, -0.2) is 63.0 Å². The molecule has 1 rings (SSSR count). The summed E-state index contributed by atoms with van der Waals surface area (Å²) < 4.78 is 57.6. The molecule has 0 N–H and O–H groups in total. The van der Waals surface area contributed by atoms with Crippen molar-refractivity contribution in [1.82, 2.24) is 9.88 Å². The average molecular weight is 424 g/mol. The Labute approximate surface area is 163 Å². The van der Waals surface area contributed by atoms with Crippen molar-refractivity contribution in [2.75, 3.05) is 41.3 Å². The molecule has 28 heavy (non-hydrogen) atoms. The first kappa shape index (κ1) is 23.6. The minimum absolute atomic E-state index is 0.108. The van der Waals surface area contributed by atoms with Gasteiger partial charge in [0.2, 0.25) is 0 Å². The molecule has 0 atom stereocenters. The van der Waals surface area contributed by atoms with E-state index in [-0.39, 0.29) is 24.9 Å². The highest BCUT2D eigenvalue weighted by Crippen LogP contribution is 2.32. The number of carbonyl (C=O) groups is 2. The number of ether oxygens (including phenoxy) is 4. The molecule has 0 aliphatic rings. The Morgan fingerprint density at radius 3 is 2.57 bits per heavy atom. The van der Waals surface area contributed by atoms with Gasteiger partial charge in [0.05, 0.1) is 26.0 Å². The summed E-state index contributed by atoms with van der Waals surface area (Å²) in [6.07, 6.45) is -1.42. The highest BCUT2D eigenvalue weighted by molar-refractivity contribution is 7.09. The van der Waals surface area contributed by atoms with E-state index >= 15 is 0 Å². The molecule has 0 aromatic carbocycles. The molecular formula is C16H19F3N2O6S.